The van der Waals surface area contributed by atoms with Crippen LogP contribution >= 0.6 is 0 Å². The third-order valence-electron chi connectivity index (χ3n) is 2.43. The van der Waals surface area contributed by atoms with E-state index in [0.717, 1.165) is 5.56 Å². The minimum absolute atomic E-state index is 0.236. The van der Waals surface area contributed by atoms with E-state index in [2.05, 4.69) is 0 Å². The number of ether oxygens (including phenoxy) is 1. The number of allylic oxidation sites excluding steroid dienone is 2. The number of carbonyl (C=O) groups is 4. The lowest BCUT2D eigenvalue weighted by atomic mass is 10.1. The van der Waals surface area contributed by atoms with Crippen molar-refractivity contribution in [3.05, 3.63) is 72.5 Å². The van der Waals surface area contributed by atoms with Crippen molar-refractivity contribution in [2.24, 2.45) is 0 Å². The number of carboxylic acids is 4. The maximum Gasteiger partial charge on any atom is 0.328 e. The largest absolute Gasteiger partial charge is 0.507 e. The first kappa shape index (κ1) is 23.7. The lowest BCUT2D eigenvalue weighted by Crippen LogP contribution is -1.91. The van der Waals surface area contributed by atoms with Crippen molar-refractivity contribution in [3.8, 4) is 5.75 Å². The summed E-state index contributed by atoms with van der Waals surface area (Å²) < 4.78 is 5.23. The Hall–Kier alpha value is -4.34. The number of rotatable bonds is 4. The van der Waals surface area contributed by atoms with Crippen LogP contribution < -0.4 is 4.74 Å². The van der Waals surface area contributed by atoms with Crippen LogP contribution in [0.2, 0.25) is 0 Å². The molecule has 1 heterocycles. The standard InChI is InChI=1S/C10H8O2.2C4H4O4/c11-9-5-3-7-12-10-6-2-1-4-8(9)10;2*5-3(6)1-2-4(7)8/h1-7,11H;2*1-2H,(H,5,6)(H,7,8). The van der Waals surface area contributed by atoms with Crippen LogP contribution in [0.25, 0.3) is 5.76 Å². The fourth-order valence-electron chi connectivity index (χ4n) is 1.40. The summed E-state index contributed by atoms with van der Waals surface area (Å²) in [7, 11) is 0. The molecule has 0 saturated carbocycles. The normalized spacial score (nSPS) is 11.5. The molecule has 0 spiro atoms. The average molecular weight is 392 g/mol. The van der Waals surface area contributed by atoms with E-state index in [1.165, 1.54) is 0 Å². The summed E-state index contributed by atoms with van der Waals surface area (Å²) >= 11 is 0. The van der Waals surface area contributed by atoms with E-state index >= 15 is 0 Å². The lowest BCUT2D eigenvalue weighted by Gasteiger charge is -2.03. The Morgan fingerprint density at radius 1 is 0.750 bits per heavy atom. The first-order valence-electron chi connectivity index (χ1n) is 7.23. The Morgan fingerprint density at radius 2 is 1.18 bits per heavy atom. The Balaban J connectivity index is 0.000000408. The van der Waals surface area contributed by atoms with Gasteiger partial charge in [0.15, 0.2) is 0 Å². The molecule has 1 aliphatic heterocycles. The summed E-state index contributed by atoms with van der Waals surface area (Å²) in [4.78, 5) is 38.2. The van der Waals surface area contributed by atoms with E-state index in [9.17, 15) is 24.3 Å². The van der Waals surface area contributed by atoms with Gasteiger partial charge in [-0.15, -0.1) is 0 Å². The van der Waals surface area contributed by atoms with Gasteiger partial charge in [0.2, 0.25) is 0 Å². The Morgan fingerprint density at radius 3 is 1.61 bits per heavy atom. The number of hydrogen-bond donors (Lipinski definition) is 5. The molecule has 10 nitrogen and oxygen atoms in total. The molecule has 0 saturated heterocycles. The fourth-order valence-corrected chi connectivity index (χ4v) is 1.40. The monoisotopic (exact) mass is 392 g/mol. The average Bonchev–Trinajstić information content (AvgIpc) is 2.81. The minimum atomic E-state index is -1.26. The zero-order valence-electron chi connectivity index (χ0n) is 14.1. The third kappa shape index (κ3) is 12.1. The van der Waals surface area contributed by atoms with Gasteiger partial charge in [0.25, 0.3) is 0 Å². The van der Waals surface area contributed by atoms with Crippen molar-refractivity contribution in [2.75, 3.05) is 0 Å². The van der Waals surface area contributed by atoms with Gasteiger partial charge in [-0.3, -0.25) is 0 Å². The van der Waals surface area contributed by atoms with Crippen LogP contribution in [0.3, 0.4) is 0 Å². The van der Waals surface area contributed by atoms with Gasteiger partial charge in [-0.1, -0.05) is 12.1 Å². The smallest absolute Gasteiger partial charge is 0.328 e. The molecule has 0 fully saturated rings. The first-order chi connectivity index (χ1) is 13.1. The lowest BCUT2D eigenvalue weighted by molar-refractivity contribution is -0.134. The zero-order chi connectivity index (χ0) is 21.5. The van der Waals surface area contributed by atoms with Crippen LogP contribution in [0.4, 0.5) is 0 Å². The molecule has 5 N–H and O–H groups in total. The van der Waals surface area contributed by atoms with Crippen molar-refractivity contribution in [2.45, 2.75) is 0 Å². The molecule has 0 aromatic heterocycles. The maximum absolute atomic E-state index is 9.55. The highest BCUT2D eigenvalue weighted by Crippen LogP contribution is 2.25. The quantitative estimate of drug-likeness (QED) is 0.475. The second kappa shape index (κ2) is 12.9. The van der Waals surface area contributed by atoms with E-state index in [1.807, 2.05) is 24.3 Å². The molecule has 1 aliphatic rings. The molecule has 0 bridgehead atoms. The van der Waals surface area contributed by atoms with Crippen LogP contribution in [-0.4, -0.2) is 49.4 Å². The predicted molar refractivity (Wildman–Crippen MR) is 95.6 cm³/mol. The molecular formula is C18H16O10. The SMILES string of the molecule is O=C(O)C=CC(=O)O.O=C(O)C=CC(=O)O.OC1=CC=COc2ccccc21. The van der Waals surface area contributed by atoms with E-state index in [-0.39, 0.29) is 5.76 Å². The summed E-state index contributed by atoms with van der Waals surface area (Å²) in [6, 6.07) is 7.35. The van der Waals surface area contributed by atoms with Gasteiger partial charge in [-0.2, -0.15) is 0 Å². The summed E-state index contributed by atoms with van der Waals surface area (Å²) in [5.41, 5.74) is 0.725. The van der Waals surface area contributed by atoms with Crippen molar-refractivity contribution in [1.29, 1.82) is 0 Å². The number of aliphatic carboxylic acids is 4. The number of aliphatic hydroxyl groups excluding tert-OH is 1. The first-order valence-corrected chi connectivity index (χ1v) is 7.23. The second-order valence-corrected chi connectivity index (χ2v) is 4.51. The van der Waals surface area contributed by atoms with Gasteiger partial charge < -0.3 is 30.3 Å². The van der Waals surface area contributed by atoms with Crippen molar-refractivity contribution >= 4 is 29.6 Å². The van der Waals surface area contributed by atoms with Gasteiger partial charge in [0.1, 0.15) is 11.5 Å². The highest BCUT2D eigenvalue weighted by molar-refractivity contribution is 5.90. The highest BCUT2D eigenvalue weighted by atomic mass is 16.5. The number of aliphatic hydroxyl groups is 1. The van der Waals surface area contributed by atoms with Crippen molar-refractivity contribution < 1.29 is 49.4 Å². The second-order valence-electron chi connectivity index (χ2n) is 4.51. The van der Waals surface area contributed by atoms with Crippen LogP contribution in [-0.2, 0) is 19.2 Å². The summed E-state index contributed by atoms with van der Waals surface area (Å²) in [5.74, 6) is -4.11. The number of hydrogen-bond acceptors (Lipinski definition) is 6. The fraction of sp³-hybridized carbons (Fsp3) is 0. The minimum Gasteiger partial charge on any atom is -0.507 e. The van der Waals surface area contributed by atoms with Crippen molar-refractivity contribution in [1.82, 2.24) is 0 Å². The molecule has 0 atom stereocenters. The molecule has 1 aromatic carbocycles. The van der Waals surface area contributed by atoms with Crippen LogP contribution in [0.1, 0.15) is 5.56 Å². The third-order valence-corrected chi connectivity index (χ3v) is 2.43. The zero-order valence-corrected chi connectivity index (χ0v) is 14.1. The maximum atomic E-state index is 9.55. The number of benzene rings is 1. The molecule has 28 heavy (non-hydrogen) atoms. The molecule has 2 rings (SSSR count). The molecule has 1 aromatic rings. The van der Waals surface area contributed by atoms with Crippen LogP contribution in [0, 0.1) is 0 Å². The number of fused-ring (bicyclic) bond motifs is 1. The van der Waals surface area contributed by atoms with E-state index in [0.29, 0.717) is 30.1 Å². The van der Waals surface area contributed by atoms with Crippen molar-refractivity contribution in [3.63, 3.8) is 0 Å². The summed E-state index contributed by atoms with van der Waals surface area (Å²) in [6.07, 6.45) is 7.04. The molecule has 10 heteroatoms. The molecule has 148 valence electrons. The Kier molecular flexibility index (Phi) is 10.9. The Labute approximate surface area is 158 Å². The van der Waals surface area contributed by atoms with Crippen LogP contribution in [0.5, 0.6) is 5.75 Å². The summed E-state index contributed by atoms with van der Waals surface area (Å²) in [5, 5.41) is 40.7. The van der Waals surface area contributed by atoms with E-state index in [4.69, 9.17) is 25.2 Å². The van der Waals surface area contributed by atoms with Gasteiger partial charge in [0.05, 0.1) is 11.8 Å². The van der Waals surface area contributed by atoms with Gasteiger partial charge >= 0.3 is 23.9 Å². The number of carboxylic acid groups (broad SMARTS) is 4. The topological polar surface area (TPSA) is 179 Å². The molecule has 0 unspecified atom stereocenters. The number of para-hydroxylation sites is 1. The predicted octanol–water partition coefficient (Wildman–Crippen LogP) is 1.92. The van der Waals surface area contributed by atoms with Gasteiger partial charge in [-0.25, -0.2) is 19.2 Å². The van der Waals surface area contributed by atoms with Gasteiger partial charge in [-0.05, 0) is 24.3 Å². The summed E-state index contributed by atoms with van der Waals surface area (Å²) in [6.45, 7) is 0. The molecular weight excluding hydrogens is 376 g/mol. The molecule has 0 radical (unpaired) electrons. The van der Waals surface area contributed by atoms with E-state index in [1.54, 1.807) is 18.4 Å². The van der Waals surface area contributed by atoms with E-state index < -0.39 is 23.9 Å². The highest BCUT2D eigenvalue weighted by Gasteiger charge is 2.07. The van der Waals surface area contributed by atoms with Gasteiger partial charge in [0, 0.05) is 24.3 Å². The Bertz CT molecular complexity index is 765. The molecule has 0 aliphatic carbocycles. The molecule has 0 amide bonds. The van der Waals surface area contributed by atoms with Crippen LogP contribution in [0.15, 0.2) is 67.0 Å².